The first-order valence-corrected chi connectivity index (χ1v) is 11.1. The Morgan fingerprint density at radius 1 is 0.939 bits per heavy atom. The van der Waals surface area contributed by atoms with Gasteiger partial charge in [-0.3, -0.25) is 4.79 Å². The normalized spacial score (nSPS) is 10.8. The number of rotatable bonds is 8. The highest BCUT2D eigenvalue weighted by Crippen LogP contribution is 2.21. The number of benzene rings is 3. The van der Waals surface area contributed by atoms with Gasteiger partial charge >= 0.3 is 0 Å². The molecule has 168 valence electrons. The van der Waals surface area contributed by atoms with Gasteiger partial charge in [-0.25, -0.2) is 0 Å². The predicted molar refractivity (Wildman–Crippen MR) is 130 cm³/mol. The summed E-state index contributed by atoms with van der Waals surface area (Å²) in [5, 5.41) is 4.55. The Kier molecular flexibility index (Phi) is 7.05. The molecule has 0 atom stereocenters. The molecule has 0 spiro atoms. The summed E-state index contributed by atoms with van der Waals surface area (Å²) in [6.45, 7) is 0.873. The minimum Gasteiger partial charge on any atom is -0.378 e. The van der Waals surface area contributed by atoms with Crippen molar-refractivity contribution in [3.8, 4) is 11.4 Å². The van der Waals surface area contributed by atoms with Gasteiger partial charge < -0.3 is 14.3 Å². The van der Waals surface area contributed by atoms with Crippen LogP contribution in [0, 0.1) is 0 Å². The van der Waals surface area contributed by atoms with E-state index in [4.69, 9.17) is 16.1 Å². The third-order valence-electron chi connectivity index (χ3n) is 5.31. The number of anilines is 1. The Morgan fingerprint density at radius 2 is 1.64 bits per heavy atom. The van der Waals surface area contributed by atoms with Crippen LogP contribution in [0.3, 0.4) is 0 Å². The predicted octanol–water partition coefficient (Wildman–Crippen LogP) is 5.34. The minimum absolute atomic E-state index is 0.136. The van der Waals surface area contributed by atoms with Gasteiger partial charge in [-0.2, -0.15) is 4.98 Å². The number of nitrogens with zero attached hydrogens (tertiary/aromatic N) is 4. The quantitative estimate of drug-likeness (QED) is 0.355. The number of hydrogen-bond donors (Lipinski definition) is 0. The zero-order valence-electron chi connectivity index (χ0n) is 18.6. The van der Waals surface area contributed by atoms with Crippen LogP contribution in [0.2, 0.25) is 5.02 Å². The van der Waals surface area contributed by atoms with E-state index in [-0.39, 0.29) is 5.91 Å². The number of aromatic nitrogens is 2. The Labute approximate surface area is 198 Å². The second kappa shape index (κ2) is 10.3. The molecule has 7 heteroatoms. The lowest BCUT2D eigenvalue weighted by atomic mass is 10.1. The lowest BCUT2D eigenvalue weighted by Crippen LogP contribution is -2.32. The van der Waals surface area contributed by atoms with E-state index in [2.05, 4.69) is 10.1 Å². The summed E-state index contributed by atoms with van der Waals surface area (Å²) in [4.78, 5) is 21.6. The summed E-state index contributed by atoms with van der Waals surface area (Å²) >= 11 is 6.29. The number of amides is 1. The van der Waals surface area contributed by atoms with E-state index in [0.717, 1.165) is 16.8 Å². The van der Waals surface area contributed by atoms with Gasteiger partial charge in [0.15, 0.2) is 0 Å². The average molecular weight is 461 g/mol. The Balaban J connectivity index is 1.50. The number of hydrogen-bond acceptors (Lipinski definition) is 5. The van der Waals surface area contributed by atoms with Gasteiger partial charge in [0, 0.05) is 44.9 Å². The fourth-order valence-electron chi connectivity index (χ4n) is 3.47. The van der Waals surface area contributed by atoms with Gasteiger partial charge in [0.05, 0.1) is 10.6 Å². The molecule has 1 heterocycles. The van der Waals surface area contributed by atoms with E-state index in [9.17, 15) is 4.79 Å². The molecule has 33 heavy (non-hydrogen) atoms. The van der Waals surface area contributed by atoms with Crippen LogP contribution >= 0.6 is 11.6 Å². The summed E-state index contributed by atoms with van der Waals surface area (Å²) in [6.07, 6.45) is 0.436. The molecule has 0 aliphatic rings. The molecular weight excluding hydrogens is 436 g/mol. The van der Waals surface area contributed by atoms with Crippen molar-refractivity contribution in [3.63, 3.8) is 0 Å². The van der Waals surface area contributed by atoms with Crippen molar-refractivity contribution in [2.24, 2.45) is 0 Å². The molecule has 0 saturated carbocycles. The van der Waals surface area contributed by atoms with E-state index >= 15 is 0 Å². The molecule has 0 aliphatic carbocycles. The van der Waals surface area contributed by atoms with Gasteiger partial charge in [0.2, 0.25) is 11.7 Å². The lowest BCUT2D eigenvalue weighted by Gasteiger charge is -2.23. The molecule has 0 saturated heterocycles. The van der Waals surface area contributed by atoms with E-state index in [1.54, 1.807) is 17.0 Å². The third-order valence-corrected chi connectivity index (χ3v) is 5.64. The monoisotopic (exact) mass is 460 g/mol. The second-order valence-corrected chi connectivity index (χ2v) is 8.30. The van der Waals surface area contributed by atoms with Crippen molar-refractivity contribution in [1.82, 2.24) is 15.0 Å². The molecule has 0 N–H and O–H groups in total. The average Bonchev–Trinajstić information content (AvgIpc) is 3.31. The van der Waals surface area contributed by atoms with Crippen molar-refractivity contribution >= 4 is 23.2 Å². The van der Waals surface area contributed by atoms with Crippen LogP contribution in [-0.2, 0) is 13.0 Å². The first-order chi connectivity index (χ1) is 16.0. The van der Waals surface area contributed by atoms with Crippen LogP contribution < -0.4 is 4.90 Å². The summed E-state index contributed by atoms with van der Waals surface area (Å²) < 4.78 is 5.47. The van der Waals surface area contributed by atoms with E-state index in [1.807, 2.05) is 85.7 Å². The maximum atomic E-state index is 13.3. The molecule has 0 unspecified atom stereocenters. The Hall–Kier alpha value is -3.64. The van der Waals surface area contributed by atoms with Crippen molar-refractivity contribution in [2.45, 2.75) is 13.0 Å². The standard InChI is InChI=1S/C26H25ClN4O2/c1-30(2)21-14-12-20(13-15-21)25-28-24(33-29-25)16-17-31(18-19-8-4-3-5-9-19)26(32)22-10-6-7-11-23(22)27/h3-15H,16-18H2,1-2H3. The Bertz CT molecular complexity index is 1210. The van der Waals surface area contributed by atoms with Crippen molar-refractivity contribution in [3.05, 3.63) is 101 Å². The SMILES string of the molecule is CN(C)c1ccc(-c2noc(CCN(Cc3ccccc3)C(=O)c3ccccc3Cl)n2)cc1. The van der Waals surface area contributed by atoms with Crippen molar-refractivity contribution in [1.29, 1.82) is 0 Å². The van der Waals surface area contributed by atoms with Crippen LogP contribution in [0.4, 0.5) is 5.69 Å². The van der Waals surface area contributed by atoms with Gasteiger partial charge in [0.1, 0.15) is 0 Å². The van der Waals surface area contributed by atoms with Crippen molar-refractivity contribution < 1.29 is 9.32 Å². The van der Waals surface area contributed by atoms with Gasteiger partial charge in [0.25, 0.3) is 5.91 Å². The van der Waals surface area contributed by atoms with Gasteiger partial charge in [-0.05, 0) is 42.0 Å². The highest BCUT2D eigenvalue weighted by Gasteiger charge is 2.20. The highest BCUT2D eigenvalue weighted by atomic mass is 35.5. The maximum absolute atomic E-state index is 13.3. The molecule has 4 rings (SSSR count). The lowest BCUT2D eigenvalue weighted by molar-refractivity contribution is 0.0742. The third kappa shape index (κ3) is 5.59. The molecule has 1 amide bonds. The number of carbonyl (C=O) groups excluding carboxylic acids is 1. The largest absolute Gasteiger partial charge is 0.378 e. The molecule has 0 bridgehead atoms. The number of carbonyl (C=O) groups is 1. The van der Waals surface area contributed by atoms with Crippen LogP contribution in [0.25, 0.3) is 11.4 Å². The van der Waals surface area contributed by atoms with Crippen molar-refractivity contribution in [2.75, 3.05) is 25.5 Å². The van der Waals surface area contributed by atoms with Gasteiger partial charge in [-0.15, -0.1) is 0 Å². The summed E-state index contributed by atoms with van der Waals surface area (Å²) in [5.41, 5.74) is 3.48. The van der Waals surface area contributed by atoms with E-state index < -0.39 is 0 Å². The molecule has 1 aromatic heterocycles. The van der Waals surface area contributed by atoms with Gasteiger partial charge in [-0.1, -0.05) is 59.2 Å². The topological polar surface area (TPSA) is 62.5 Å². The molecule has 6 nitrogen and oxygen atoms in total. The first-order valence-electron chi connectivity index (χ1n) is 10.7. The zero-order valence-corrected chi connectivity index (χ0v) is 19.4. The maximum Gasteiger partial charge on any atom is 0.255 e. The molecule has 0 aliphatic heterocycles. The first kappa shape index (κ1) is 22.6. The second-order valence-electron chi connectivity index (χ2n) is 7.90. The molecular formula is C26H25ClN4O2. The molecule has 0 radical (unpaired) electrons. The highest BCUT2D eigenvalue weighted by molar-refractivity contribution is 6.33. The summed E-state index contributed by atoms with van der Waals surface area (Å²) in [6, 6.07) is 24.9. The van der Waals surface area contributed by atoms with Crippen LogP contribution in [0.15, 0.2) is 83.4 Å². The number of halogens is 1. The van der Waals surface area contributed by atoms with Crippen LogP contribution in [-0.4, -0.2) is 41.6 Å². The fraction of sp³-hybridized carbons (Fsp3) is 0.192. The minimum atomic E-state index is -0.136. The van der Waals surface area contributed by atoms with E-state index in [1.165, 1.54) is 0 Å². The molecule has 0 fully saturated rings. The fourth-order valence-corrected chi connectivity index (χ4v) is 3.69. The summed E-state index contributed by atoms with van der Waals surface area (Å²) in [7, 11) is 3.99. The van der Waals surface area contributed by atoms with Crippen LogP contribution in [0.5, 0.6) is 0 Å². The molecule has 3 aromatic carbocycles. The van der Waals surface area contributed by atoms with Crippen LogP contribution in [0.1, 0.15) is 21.8 Å². The smallest absolute Gasteiger partial charge is 0.255 e. The summed E-state index contributed by atoms with van der Waals surface area (Å²) in [5.74, 6) is 0.873. The zero-order chi connectivity index (χ0) is 23.2. The molecule has 4 aromatic rings. The van der Waals surface area contributed by atoms with E-state index in [0.29, 0.717) is 41.8 Å². The Morgan fingerprint density at radius 3 is 2.33 bits per heavy atom.